The molecule has 0 bridgehead atoms. The number of aromatic nitrogens is 2. The number of rotatable bonds is 3. The van der Waals surface area contributed by atoms with E-state index in [1.54, 1.807) is 6.92 Å². The minimum absolute atomic E-state index is 0.00382. The zero-order valence-corrected chi connectivity index (χ0v) is 13.9. The fourth-order valence-corrected chi connectivity index (χ4v) is 3.99. The molecule has 1 aliphatic rings. The van der Waals surface area contributed by atoms with Gasteiger partial charge in [0.1, 0.15) is 4.83 Å². The second-order valence-corrected chi connectivity index (χ2v) is 7.18. The zero-order valence-electron chi connectivity index (χ0n) is 13.1. The molecule has 5 nitrogen and oxygen atoms in total. The first kappa shape index (κ1) is 15.2. The number of H-pyrrole nitrogens is 1. The SMILES string of the molecule is Cc1sc2nc([C@@H](C)OC(=O)C3CCCC3)[nH]c(=O)c2c1C. The molecule has 1 atom stereocenters. The van der Waals surface area contributed by atoms with Gasteiger partial charge in [-0.1, -0.05) is 12.8 Å². The lowest BCUT2D eigenvalue weighted by Crippen LogP contribution is -2.20. The van der Waals surface area contributed by atoms with Crippen LogP contribution in [-0.2, 0) is 9.53 Å². The van der Waals surface area contributed by atoms with E-state index in [4.69, 9.17) is 4.74 Å². The highest BCUT2D eigenvalue weighted by molar-refractivity contribution is 7.18. The number of aromatic amines is 1. The molecule has 6 heteroatoms. The molecule has 3 rings (SSSR count). The Morgan fingerprint density at radius 3 is 2.73 bits per heavy atom. The summed E-state index contributed by atoms with van der Waals surface area (Å²) in [6.45, 7) is 5.66. The van der Waals surface area contributed by atoms with Crippen LogP contribution in [0.15, 0.2) is 4.79 Å². The zero-order chi connectivity index (χ0) is 15.9. The van der Waals surface area contributed by atoms with Crippen LogP contribution < -0.4 is 5.56 Å². The van der Waals surface area contributed by atoms with Crippen molar-refractivity contribution in [2.45, 2.75) is 52.6 Å². The number of ether oxygens (including phenoxy) is 1. The summed E-state index contributed by atoms with van der Waals surface area (Å²) in [6.07, 6.45) is 3.44. The van der Waals surface area contributed by atoms with Crippen LogP contribution in [0.1, 0.15) is 55.0 Å². The average molecular weight is 320 g/mol. The van der Waals surface area contributed by atoms with Crippen LogP contribution >= 0.6 is 11.3 Å². The van der Waals surface area contributed by atoms with E-state index >= 15 is 0 Å². The maximum Gasteiger partial charge on any atom is 0.309 e. The summed E-state index contributed by atoms with van der Waals surface area (Å²) in [5, 5.41) is 0.639. The summed E-state index contributed by atoms with van der Waals surface area (Å²) in [7, 11) is 0. The topological polar surface area (TPSA) is 72.0 Å². The summed E-state index contributed by atoms with van der Waals surface area (Å²) in [5.74, 6) is 0.250. The number of esters is 1. The summed E-state index contributed by atoms with van der Waals surface area (Å²) >= 11 is 1.50. The summed E-state index contributed by atoms with van der Waals surface area (Å²) in [5.41, 5.74) is 0.807. The van der Waals surface area contributed by atoms with Crippen LogP contribution in [0.25, 0.3) is 10.2 Å². The van der Waals surface area contributed by atoms with Crippen molar-refractivity contribution in [1.82, 2.24) is 9.97 Å². The Labute approximate surface area is 132 Å². The molecule has 22 heavy (non-hydrogen) atoms. The molecule has 0 unspecified atom stereocenters. The summed E-state index contributed by atoms with van der Waals surface area (Å²) in [6, 6.07) is 0. The molecule has 0 amide bonds. The maximum absolute atomic E-state index is 12.3. The van der Waals surface area contributed by atoms with Gasteiger partial charge in [0.25, 0.3) is 5.56 Å². The molecule has 1 fully saturated rings. The smallest absolute Gasteiger partial charge is 0.309 e. The highest BCUT2D eigenvalue weighted by atomic mass is 32.1. The van der Waals surface area contributed by atoms with Gasteiger partial charge >= 0.3 is 5.97 Å². The van der Waals surface area contributed by atoms with Gasteiger partial charge in [-0.05, 0) is 39.2 Å². The second kappa shape index (κ2) is 5.83. The van der Waals surface area contributed by atoms with Crippen molar-refractivity contribution >= 4 is 27.5 Å². The Morgan fingerprint density at radius 1 is 1.36 bits per heavy atom. The van der Waals surface area contributed by atoms with Gasteiger partial charge in [0.05, 0.1) is 11.3 Å². The van der Waals surface area contributed by atoms with Crippen molar-refractivity contribution < 1.29 is 9.53 Å². The van der Waals surface area contributed by atoms with Gasteiger partial charge in [0.15, 0.2) is 11.9 Å². The molecule has 118 valence electrons. The number of hydrogen-bond acceptors (Lipinski definition) is 5. The molecule has 0 radical (unpaired) electrons. The molecular weight excluding hydrogens is 300 g/mol. The largest absolute Gasteiger partial charge is 0.454 e. The Morgan fingerprint density at radius 2 is 2.05 bits per heavy atom. The predicted octanol–water partition coefficient (Wildman–Crippen LogP) is 3.40. The van der Waals surface area contributed by atoms with Crippen molar-refractivity contribution in [3.63, 3.8) is 0 Å². The lowest BCUT2D eigenvalue weighted by molar-refractivity contribution is -0.153. The van der Waals surface area contributed by atoms with E-state index in [1.807, 2.05) is 13.8 Å². The summed E-state index contributed by atoms with van der Waals surface area (Å²) in [4.78, 5) is 33.4. The van der Waals surface area contributed by atoms with Gasteiger partial charge in [-0.2, -0.15) is 0 Å². The molecule has 0 saturated heterocycles. The molecule has 1 aliphatic carbocycles. The Hall–Kier alpha value is -1.69. The number of carbonyl (C=O) groups is 1. The van der Waals surface area contributed by atoms with E-state index in [9.17, 15) is 9.59 Å². The van der Waals surface area contributed by atoms with Crippen LogP contribution in [0.5, 0.6) is 0 Å². The highest BCUT2D eigenvalue weighted by Gasteiger charge is 2.26. The third kappa shape index (κ3) is 2.67. The standard InChI is InChI=1S/C16H20N2O3S/c1-8-10(3)22-15-12(8)14(19)17-13(18-15)9(2)21-16(20)11-6-4-5-7-11/h9,11H,4-7H2,1-3H3,(H,17,18,19)/t9-/m1/s1. The van der Waals surface area contributed by atoms with E-state index in [2.05, 4.69) is 9.97 Å². The lowest BCUT2D eigenvalue weighted by atomic mass is 10.1. The Balaban J connectivity index is 1.86. The van der Waals surface area contributed by atoms with Gasteiger partial charge in [-0.25, -0.2) is 4.98 Å². The minimum Gasteiger partial charge on any atom is -0.454 e. The van der Waals surface area contributed by atoms with Gasteiger partial charge in [-0.3, -0.25) is 9.59 Å². The number of aryl methyl sites for hydroxylation is 2. The fraction of sp³-hybridized carbons (Fsp3) is 0.562. The van der Waals surface area contributed by atoms with Gasteiger partial charge in [-0.15, -0.1) is 11.3 Å². The van der Waals surface area contributed by atoms with Crippen LogP contribution in [0.3, 0.4) is 0 Å². The molecule has 0 aliphatic heterocycles. The second-order valence-electron chi connectivity index (χ2n) is 5.98. The normalized spacial score (nSPS) is 17.0. The van der Waals surface area contributed by atoms with Gasteiger partial charge < -0.3 is 9.72 Å². The van der Waals surface area contributed by atoms with Crippen LogP contribution in [0.2, 0.25) is 0 Å². The van der Waals surface area contributed by atoms with Crippen molar-refractivity contribution in [3.8, 4) is 0 Å². The van der Waals surface area contributed by atoms with E-state index in [0.717, 1.165) is 36.1 Å². The lowest BCUT2D eigenvalue weighted by Gasteiger charge is -2.15. The number of carbonyl (C=O) groups excluding carboxylic acids is 1. The first-order valence-corrected chi connectivity index (χ1v) is 8.49. The van der Waals surface area contributed by atoms with E-state index in [1.165, 1.54) is 11.3 Å². The third-order valence-electron chi connectivity index (χ3n) is 4.42. The van der Waals surface area contributed by atoms with Crippen LogP contribution in [0.4, 0.5) is 0 Å². The number of nitrogens with zero attached hydrogens (tertiary/aromatic N) is 1. The molecule has 2 aromatic rings. The first-order valence-electron chi connectivity index (χ1n) is 7.67. The van der Waals surface area contributed by atoms with E-state index < -0.39 is 6.10 Å². The minimum atomic E-state index is -0.534. The number of thiophene rings is 1. The monoisotopic (exact) mass is 320 g/mol. The molecule has 1 N–H and O–H groups in total. The van der Waals surface area contributed by atoms with Crippen LogP contribution in [0, 0.1) is 19.8 Å². The molecule has 2 aromatic heterocycles. The first-order chi connectivity index (χ1) is 10.5. The van der Waals surface area contributed by atoms with Gasteiger partial charge in [0, 0.05) is 4.88 Å². The molecule has 0 aromatic carbocycles. The third-order valence-corrected chi connectivity index (χ3v) is 5.53. The van der Waals surface area contributed by atoms with Crippen molar-refractivity contribution in [1.29, 1.82) is 0 Å². The average Bonchev–Trinajstić information content (AvgIpc) is 3.08. The van der Waals surface area contributed by atoms with Crippen LogP contribution in [-0.4, -0.2) is 15.9 Å². The van der Waals surface area contributed by atoms with Crippen molar-refractivity contribution in [2.75, 3.05) is 0 Å². The Kier molecular flexibility index (Phi) is 4.04. The quantitative estimate of drug-likeness (QED) is 0.880. The number of hydrogen-bond donors (Lipinski definition) is 1. The molecule has 0 spiro atoms. The van der Waals surface area contributed by atoms with E-state index in [-0.39, 0.29) is 17.4 Å². The molecule has 2 heterocycles. The Bertz CT molecular complexity index is 772. The highest BCUT2D eigenvalue weighted by Crippen LogP contribution is 2.29. The van der Waals surface area contributed by atoms with Gasteiger partial charge in [0.2, 0.25) is 0 Å². The van der Waals surface area contributed by atoms with E-state index in [0.29, 0.717) is 16.0 Å². The molecule has 1 saturated carbocycles. The molecular formula is C16H20N2O3S. The summed E-state index contributed by atoms with van der Waals surface area (Å²) < 4.78 is 5.49. The van der Waals surface area contributed by atoms with Crippen molar-refractivity contribution in [2.24, 2.45) is 5.92 Å². The number of fused-ring (bicyclic) bond motifs is 1. The fourth-order valence-electron chi connectivity index (χ4n) is 2.95. The predicted molar refractivity (Wildman–Crippen MR) is 86.2 cm³/mol. The van der Waals surface area contributed by atoms with Crippen molar-refractivity contribution in [3.05, 3.63) is 26.6 Å². The maximum atomic E-state index is 12.3. The number of nitrogens with one attached hydrogen (secondary N) is 1.